The fraction of sp³-hybridized carbons (Fsp3) is 0.559. The number of nitrogens with zero attached hydrogens (tertiary/aromatic N) is 3. The summed E-state index contributed by atoms with van der Waals surface area (Å²) in [7, 11) is 4.57. The summed E-state index contributed by atoms with van der Waals surface area (Å²) in [6.45, 7) is 6.14. The summed E-state index contributed by atoms with van der Waals surface area (Å²) in [5, 5.41) is 7.00. The Kier molecular flexibility index (Phi) is 12.9. The normalized spacial score (nSPS) is 15.8. The van der Waals surface area contributed by atoms with Crippen LogP contribution in [0.3, 0.4) is 0 Å². The van der Waals surface area contributed by atoms with E-state index in [1.807, 2.05) is 44.3 Å². The van der Waals surface area contributed by atoms with Crippen LogP contribution in [0.5, 0.6) is 5.75 Å². The number of carbonyl (C=O) groups excluding carboxylic acids is 1. The first kappa shape index (κ1) is 32.3. The fourth-order valence-corrected chi connectivity index (χ4v) is 5.72. The van der Waals surface area contributed by atoms with E-state index in [4.69, 9.17) is 14.3 Å². The number of pyridine rings is 1. The molecule has 2 fully saturated rings. The quantitative estimate of drug-likeness (QED) is 0.326. The van der Waals surface area contributed by atoms with E-state index in [9.17, 15) is 4.79 Å². The number of hydrogen-bond acceptors (Lipinski definition) is 6. The predicted octanol–water partition coefficient (Wildman–Crippen LogP) is 8.06. The number of aromatic nitrogens is 2. The Bertz CT molecular complexity index is 1210. The maximum Gasteiger partial charge on any atom is 0.229 e. The first-order valence-electron chi connectivity index (χ1n) is 15.2. The van der Waals surface area contributed by atoms with Gasteiger partial charge in [0.05, 0.1) is 12.8 Å². The molecular formula is C34H49N3O4. The number of anilines is 1. The summed E-state index contributed by atoms with van der Waals surface area (Å²) in [4.78, 5) is 23.7. The first-order chi connectivity index (χ1) is 19.9. The van der Waals surface area contributed by atoms with Crippen molar-refractivity contribution in [1.82, 2.24) is 9.97 Å². The molecule has 0 bridgehead atoms. The Morgan fingerprint density at radius 2 is 1.63 bits per heavy atom. The molecular weight excluding hydrogens is 514 g/mol. The van der Waals surface area contributed by atoms with Crippen LogP contribution in [0.4, 0.5) is 5.69 Å². The molecule has 2 aliphatic carbocycles. The summed E-state index contributed by atoms with van der Waals surface area (Å²) < 4.78 is 10.8. The zero-order valence-electron chi connectivity index (χ0n) is 25.9. The van der Waals surface area contributed by atoms with Gasteiger partial charge in [-0.2, -0.15) is 0 Å². The molecule has 1 aromatic carbocycles. The third kappa shape index (κ3) is 8.90. The molecule has 5 rings (SSSR count). The number of benzene rings is 1. The van der Waals surface area contributed by atoms with Gasteiger partial charge in [0.25, 0.3) is 0 Å². The van der Waals surface area contributed by atoms with Crippen LogP contribution in [0, 0.1) is 12.8 Å². The molecule has 0 radical (unpaired) electrons. The van der Waals surface area contributed by atoms with Crippen LogP contribution in [0.2, 0.25) is 0 Å². The molecule has 1 amide bonds. The Morgan fingerprint density at radius 1 is 0.976 bits per heavy atom. The van der Waals surface area contributed by atoms with Crippen molar-refractivity contribution in [3.8, 4) is 17.0 Å². The minimum atomic E-state index is 0.173. The molecule has 0 saturated heterocycles. The second-order valence-corrected chi connectivity index (χ2v) is 11.4. The van der Waals surface area contributed by atoms with Gasteiger partial charge in [0.1, 0.15) is 17.7 Å². The van der Waals surface area contributed by atoms with Crippen LogP contribution in [-0.2, 0) is 4.79 Å². The van der Waals surface area contributed by atoms with E-state index in [1.165, 1.54) is 57.1 Å². The zero-order chi connectivity index (χ0) is 29.8. The van der Waals surface area contributed by atoms with Crippen LogP contribution >= 0.6 is 0 Å². The summed E-state index contributed by atoms with van der Waals surface area (Å²) in [6.07, 6.45) is 14.0. The highest BCUT2D eigenvalue weighted by atomic mass is 16.5. The van der Waals surface area contributed by atoms with Crippen LogP contribution in [0.15, 0.2) is 47.1 Å². The summed E-state index contributed by atoms with van der Waals surface area (Å²) in [5.41, 5.74) is 4.98. The number of rotatable bonds is 6. The van der Waals surface area contributed by atoms with Gasteiger partial charge >= 0.3 is 0 Å². The lowest BCUT2D eigenvalue weighted by molar-refractivity contribution is -0.123. The lowest BCUT2D eigenvalue weighted by atomic mass is 9.86. The molecule has 41 heavy (non-hydrogen) atoms. The van der Waals surface area contributed by atoms with Gasteiger partial charge in [-0.05, 0) is 56.9 Å². The highest BCUT2D eigenvalue weighted by Crippen LogP contribution is 2.33. The fourth-order valence-electron chi connectivity index (χ4n) is 5.72. The average Bonchev–Trinajstić information content (AvgIpc) is 3.54. The summed E-state index contributed by atoms with van der Waals surface area (Å²) in [6, 6.07) is 12.1. The average molecular weight is 564 g/mol. The molecule has 0 spiro atoms. The molecule has 224 valence electrons. The number of carbonyl (C=O) groups is 1. The minimum absolute atomic E-state index is 0.173. The van der Waals surface area contributed by atoms with E-state index in [1.54, 1.807) is 18.3 Å². The van der Waals surface area contributed by atoms with Gasteiger partial charge in [0.2, 0.25) is 5.91 Å². The number of methoxy groups -OCH3 is 1. The maximum absolute atomic E-state index is 12.7. The number of oxazole rings is 1. The number of aliphatic hydroxyl groups is 1. The standard InChI is InChI=1S/C20H26N2O2.C13H19NO.CH4O/c1-14(2)19-21-18(13-24-19)16-10-7-11-17(12-16)22(3)20(23)15-8-5-4-6-9-15;1-10-13(15-2)9-8-12(14-10)11-6-4-3-5-7-11;1-2/h7,10-15H,4-6,8-9H2,1-3H3;8-9,11H,3-7H2,1-2H3;2H,1H3. The van der Waals surface area contributed by atoms with Crippen LogP contribution < -0.4 is 9.64 Å². The molecule has 2 heterocycles. The maximum atomic E-state index is 12.7. The molecule has 0 atom stereocenters. The topological polar surface area (TPSA) is 88.7 Å². The molecule has 2 aromatic heterocycles. The van der Waals surface area contributed by atoms with E-state index in [0.717, 1.165) is 54.2 Å². The van der Waals surface area contributed by atoms with Crippen molar-refractivity contribution >= 4 is 11.6 Å². The molecule has 3 aromatic rings. The van der Waals surface area contributed by atoms with Crippen LogP contribution in [0.1, 0.15) is 107 Å². The Morgan fingerprint density at radius 3 is 2.22 bits per heavy atom. The molecule has 7 nitrogen and oxygen atoms in total. The van der Waals surface area contributed by atoms with Crippen LogP contribution in [0.25, 0.3) is 11.3 Å². The van der Waals surface area contributed by atoms with Gasteiger partial charge in [-0.25, -0.2) is 4.98 Å². The Balaban J connectivity index is 0.000000233. The molecule has 2 saturated carbocycles. The molecule has 0 aliphatic heterocycles. The van der Waals surface area contributed by atoms with Crippen molar-refractivity contribution in [1.29, 1.82) is 0 Å². The highest BCUT2D eigenvalue weighted by Gasteiger charge is 2.25. The third-order valence-corrected chi connectivity index (χ3v) is 8.13. The van der Waals surface area contributed by atoms with Crippen molar-refractivity contribution in [3.63, 3.8) is 0 Å². The van der Waals surface area contributed by atoms with Crippen molar-refractivity contribution in [2.75, 3.05) is 26.2 Å². The SMILES string of the molecule is CC(C)c1nc(-c2cccc(N(C)C(=O)C3CCCCC3)c2)co1.CO.COc1ccc(C2CCCCC2)nc1C. The number of hydrogen-bond donors (Lipinski definition) is 1. The van der Waals surface area contributed by atoms with E-state index >= 15 is 0 Å². The smallest absolute Gasteiger partial charge is 0.229 e. The van der Waals surface area contributed by atoms with Crippen molar-refractivity contribution in [2.24, 2.45) is 5.92 Å². The third-order valence-electron chi connectivity index (χ3n) is 8.13. The number of amides is 1. The van der Waals surface area contributed by atoms with Gasteiger partial charge in [-0.3, -0.25) is 9.78 Å². The van der Waals surface area contributed by atoms with E-state index in [0.29, 0.717) is 5.92 Å². The van der Waals surface area contributed by atoms with Crippen molar-refractivity contribution in [3.05, 3.63) is 59.9 Å². The molecule has 1 N–H and O–H groups in total. The van der Waals surface area contributed by atoms with E-state index < -0.39 is 0 Å². The second kappa shape index (κ2) is 16.3. The number of aliphatic hydroxyl groups excluding tert-OH is 1. The van der Waals surface area contributed by atoms with Gasteiger partial charge < -0.3 is 19.2 Å². The van der Waals surface area contributed by atoms with Gasteiger partial charge in [0.15, 0.2) is 5.89 Å². The van der Waals surface area contributed by atoms with Crippen molar-refractivity contribution < 1.29 is 19.1 Å². The first-order valence-corrected chi connectivity index (χ1v) is 15.2. The lowest BCUT2D eigenvalue weighted by Crippen LogP contribution is -2.33. The second-order valence-electron chi connectivity index (χ2n) is 11.4. The number of aryl methyl sites for hydroxylation is 1. The van der Waals surface area contributed by atoms with Gasteiger partial charge in [0, 0.05) is 48.9 Å². The molecule has 2 aliphatic rings. The van der Waals surface area contributed by atoms with E-state index in [2.05, 4.69) is 29.9 Å². The van der Waals surface area contributed by atoms with Gasteiger partial charge in [-0.1, -0.05) is 64.5 Å². The lowest BCUT2D eigenvalue weighted by Gasteiger charge is -2.26. The molecule has 7 heteroatoms. The summed E-state index contributed by atoms with van der Waals surface area (Å²) in [5.74, 6) is 2.99. The predicted molar refractivity (Wildman–Crippen MR) is 166 cm³/mol. The Hall–Kier alpha value is -3.19. The monoisotopic (exact) mass is 563 g/mol. The molecule has 0 unspecified atom stereocenters. The minimum Gasteiger partial charge on any atom is -0.495 e. The van der Waals surface area contributed by atoms with Crippen molar-refractivity contribution in [2.45, 2.75) is 96.8 Å². The largest absolute Gasteiger partial charge is 0.495 e. The Labute approximate surface area is 246 Å². The van der Waals surface area contributed by atoms with E-state index in [-0.39, 0.29) is 17.7 Å². The summed E-state index contributed by atoms with van der Waals surface area (Å²) >= 11 is 0. The number of ether oxygens (including phenoxy) is 1. The van der Waals surface area contributed by atoms with Gasteiger partial charge in [-0.15, -0.1) is 0 Å². The van der Waals surface area contributed by atoms with Crippen LogP contribution in [-0.4, -0.2) is 42.2 Å². The zero-order valence-corrected chi connectivity index (χ0v) is 25.9. The highest BCUT2D eigenvalue weighted by molar-refractivity contribution is 5.95.